The Morgan fingerprint density at radius 1 is 1.16 bits per heavy atom. The molecule has 1 atom stereocenters. The van der Waals surface area contributed by atoms with E-state index < -0.39 is 17.7 Å². The van der Waals surface area contributed by atoms with Gasteiger partial charge in [0.25, 0.3) is 0 Å². The summed E-state index contributed by atoms with van der Waals surface area (Å²) < 4.78 is 26.2. The first kappa shape index (κ1) is 17.0. The number of para-hydroxylation sites is 1. The van der Waals surface area contributed by atoms with Gasteiger partial charge in [-0.2, -0.15) is 0 Å². The standard InChI is InChI=1S/C19H19F2N3O/c1-12(13-6-7-16(20)17(21)10-13)24-19(25)22-9-8-14-11-23-18-5-3-2-4-15(14)18/h2-7,10-12,23H,8-9H2,1H3,(H2,22,24,25). The molecule has 0 aliphatic rings. The van der Waals surface area contributed by atoms with Crippen molar-refractivity contribution >= 4 is 16.9 Å². The molecule has 130 valence electrons. The second-order valence-electron chi connectivity index (χ2n) is 5.90. The maximum atomic E-state index is 13.3. The predicted octanol–water partition coefficient (Wildman–Crippen LogP) is 4.05. The van der Waals surface area contributed by atoms with Crippen LogP contribution in [0.5, 0.6) is 0 Å². The third kappa shape index (κ3) is 3.96. The largest absolute Gasteiger partial charge is 0.361 e. The van der Waals surface area contributed by atoms with Crippen molar-refractivity contribution in [3.63, 3.8) is 0 Å². The number of urea groups is 1. The lowest BCUT2D eigenvalue weighted by Gasteiger charge is -2.15. The van der Waals surface area contributed by atoms with Crippen molar-refractivity contribution in [2.24, 2.45) is 0 Å². The monoisotopic (exact) mass is 343 g/mol. The van der Waals surface area contributed by atoms with Gasteiger partial charge >= 0.3 is 6.03 Å². The molecule has 0 spiro atoms. The highest BCUT2D eigenvalue weighted by molar-refractivity contribution is 5.83. The number of carbonyl (C=O) groups excluding carboxylic acids is 1. The summed E-state index contributed by atoms with van der Waals surface area (Å²) in [4.78, 5) is 15.2. The fourth-order valence-corrected chi connectivity index (χ4v) is 2.76. The average molecular weight is 343 g/mol. The lowest BCUT2D eigenvalue weighted by atomic mass is 10.1. The van der Waals surface area contributed by atoms with E-state index in [9.17, 15) is 13.6 Å². The molecule has 0 fully saturated rings. The molecule has 3 rings (SSSR count). The Kier molecular flexibility index (Phi) is 4.97. The summed E-state index contributed by atoms with van der Waals surface area (Å²) in [7, 11) is 0. The molecule has 1 unspecified atom stereocenters. The molecule has 3 aromatic rings. The van der Waals surface area contributed by atoms with E-state index in [0.717, 1.165) is 28.6 Å². The van der Waals surface area contributed by atoms with Crippen molar-refractivity contribution in [2.45, 2.75) is 19.4 Å². The zero-order valence-electron chi connectivity index (χ0n) is 13.8. The number of aromatic amines is 1. The number of carbonyl (C=O) groups is 1. The molecule has 25 heavy (non-hydrogen) atoms. The molecule has 0 saturated carbocycles. The molecule has 0 aliphatic carbocycles. The Morgan fingerprint density at radius 2 is 1.96 bits per heavy atom. The van der Waals surface area contributed by atoms with Crippen LogP contribution in [0, 0.1) is 11.6 Å². The molecule has 3 N–H and O–H groups in total. The highest BCUT2D eigenvalue weighted by Gasteiger charge is 2.12. The zero-order chi connectivity index (χ0) is 17.8. The number of amides is 2. The molecular formula is C19H19F2N3O. The van der Waals surface area contributed by atoms with Crippen molar-refractivity contribution in [3.8, 4) is 0 Å². The zero-order valence-corrected chi connectivity index (χ0v) is 13.8. The molecule has 6 heteroatoms. The van der Waals surface area contributed by atoms with Crippen molar-refractivity contribution < 1.29 is 13.6 Å². The van der Waals surface area contributed by atoms with Gasteiger partial charge in [0.05, 0.1) is 6.04 Å². The molecule has 2 aromatic carbocycles. The number of H-pyrrole nitrogens is 1. The molecule has 2 amide bonds. The number of nitrogens with one attached hydrogen (secondary N) is 3. The molecule has 1 heterocycles. The fourth-order valence-electron chi connectivity index (χ4n) is 2.76. The lowest BCUT2D eigenvalue weighted by Crippen LogP contribution is -2.38. The first-order valence-electron chi connectivity index (χ1n) is 8.09. The van der Waals surface area contributed by atoms with Crippen molar-refractivity contribution in [3.05, 3.63) is 71.4 Å². The van der Waals surface area contributed by atoms with Crippen LogP contribution in [0.3, 0.4) is 0 Å². The molecular weight excluding hydrogens is 324 g/mol. The van der Waals surface area contributed by atoms with Gasteiger partial charge in [-0.3, -0.25) is 0 Å². The van der Waals surface area contributed by atoms with E-state index in [1.165, 1.54) is 6.07 Å². The van der Waals surface area contributed by atoms with Gasteiger partial charge in [-0.15, -0.1) is 0 Å². The predicted molar refractivity (Wildman–Crippen MR) is 93.3 cm³/mol. The highest BCUT2D eigenvalue weighted by atomic mass is 19.2. The van der Waals surface area contributed by atoms with Crippen LogP contribution in [0.15, 0.2) is 48.7 Å². The van der Waals surface area contributed by atoms with Crippen LogP contribution >= 0.6 is 0 Å². The topological polar surface area (TPSA) is 56.9 Å². The van der Waals surface area contributed by atoms with E-state index in [-0.39, 0.29) is 6.03 Å². The quantitative estimate of drug-likeness (QED) is 0.643. The third-order valence-electron chi connectivity index (χ3n) is 4.15. The van der Waals surface area contributed by atoms with Crippen LogP contribution in [0.25, 0.3) is 10.9 Å². The van der Waals surface area contributed by atoms with Gasteiger partial charge in [-0.05, 0) is 42.7 Å². The third-order valence-corrected chi connectivity index (χ3v) is 4.15. The van der Waals surface area contributed by atoms with Crippen LogP contribution in [0.1, 0.15) is 24.1 Å². The van der Waals surface area contributed by atoms with Crippen LogP contribution < -0.4 is 10.6 Å². The molecule has 0 bridgehead atoms. The summed E-state index contributed by atoms with van der Waals surface area (Å²) in [6.45, 7) is 2.18. The number of benzene rings is 2. The number of fused-ring (bicyclic) bond motifs is 1. The number of rotatable bonds is 5. The van der Waals surface area contributed by atoms with E-state index in [0.29, 0.717) is 18.5 Å². The molecule has 0 radical (unpaired) electrons. The van der Waals surface area contributed by atoms with Crippen LogP contribution in [-0.4, -0.2) is 17.6 Å². The van der Waals surface area contributed by atoms with E-state index in [1.807, 2.05) is 30.5 Å². The summed E-state index contributed by atoms with van der Waals surface area (Å²) >= 11 is 0. The average Bonchev–Trinajstić information content (AvgIpc) is 3.00. The van der Waals surface area contributed by atoms with Crippen molar-refractivity contribution in [2.75, 3.05) is 6.54 Å². The van der Waals surface area contributed by atoms with Gasteiger partial charge in [0.1, 0.15) is 0 Å². The number of hydrogen-bond acceptors (Lipinski definition) is 1. The Balaban J connectivity index is 1.51. The van der Waals surface area contributed by atoms with Crippen molar-refractivity contribution in [1.82, 2.24) is 15.6 Å². The van der Waals surface area contributed by atoms with Crippen LogP contribution in [-0.2, 0) is 6.42 Å². The minimum Gasteiger partial charge on any atom is -0.361 e. The maximum absolute atomic E-state index is 13.3. The number of aromatic nitrogens is 1. The molecule has 0 aliphatic heterocycles. The smallest absolute Gasteiger partial charge is 0.315 e. The van der Waals surface area contributed by atoms with Gasteiger partial charge in [-0.25, -0.2) is 13.6 Å². The highest BCUT2D eigenvalue weighted by Crippen LogP contribution is 2.18. The molecule has 4 nitrogen and oxygen atoms in total. The summed E-state index contributed by atoms with van der Waals surface area (Å²) in [5.41, 5.74) is 2.70. The summed E-state index contributed by atoms with van der Waals surface area (Å²) in [5.74, 6) is -1.83. The fraction of sp³-hybridized carbons (Fsp3) is 0.211. The van der Waals surface area contributed by atoms with Crippen LogP contribution in [0.4, 0.5) is 13.6 Å². The lowest BCUT2D eigenvalue weighted by molar-refractivity contribution is 0.238. The first-order chi connectivity index (χ1) is 12.0. The van der Waals surface area contributed by atoms with E-state index in [1.54, 1.807) is 6.92 Å². The minimum absolute atomic E-state index is 0.350. The van der Waals surface area contributed by atoms with E-state index in [2.05, 4.69) is 15.6 Å². The Hall–Kier alpha value is -2.89. The van der Waals surface area contributed by atoms with Gasteiger partial charge in [0.15, 0.2) is 11.6 Å². The Morgan fingerprint density at radius 3 is 2.76 bits per heavy atom. The normalized spacial score (nSPS) is 12.1. The van der Waals surface area contributed by atoms with Gasteiger partial charge in [-0.1, -0.05) is 24.3 Å². The summed E-state index contributed by atoms with van der Waals surface area (Å²) in [5, 5.41) is 6.63. The number of halogens is 2. The summed E-state index contributed by atoms with van der Waals surface area (Å²) in [6.07, 6.45) is 2.63. The summed E-state index contributed by atoms with van der Waals surface area (Å²) in [6, 6.07) is 10.8. The first-order valence-corrected chi connectivity index (χ1v) is 8.09. The second kappa shape index (κ2) is 7.34. The SMILES string of the molecule is CC(NC(=O)NCCc1c[nH]c2ccccc12)c1ccc(F)c(F)c1. The van der Waals surface area contributed by atoms with E-state index >= 15 is 0 Å². The Labute approximate surface area is 144 Å². The van der Waals surface area contributed by atoms with Gasteiger partial charge in [0, 0.05) is 23.6 Å². The molecule has 1 aromatic heterocycles. The maximum Gasteiger partial charge on any atom is 0.315 e. The number of hydrogen-bond donors (Lipinski definition) is 3. The van der Waals surface area contributed by atoms with Gasteiger partial charge < -0.3 is 15.6 Å². The van der Waals surface area contributed by atoms with Crippen LogP contribution in [0.2, 0.25) is 0 Å². The minimum atomic E-state index is -0.925. The Bertz CT molecular complexity index is 891. The van der Waals surface area contributed by atoms with Gasteiger partial charge in [0.2, 0.25) is 0 Å². The van der Waals surface area contributed by atoms with Crippen molar-refractivity contribution in [1.29, 1.82) is 0 Å². The molecule has 0 saturated heterocycles. The van der Waals surface area contributed by atoms with E-state index in [4.69, 9.17) is 0 Å². The second-order valence-corrected chi connectivity index (χ2v) is 5.90.